The fraction of sp³-hybridized carbons (Fsp3) is 0.714. The van der Waals surface area contributed by atoms with Crippen LogP contribution < -0.4 is 16.4 Å². The third-order valence-electron chi connectivity index (χ3n) is 2.08. The molecule has 74 valence electrons. The lowest BCUT2D eigenvalue weighted by Crippen LogP contribution is -2.60. The topological polar surface area (TPSA) is 87.5 Å². The molecule has 1 atom stereocenters. The minimum Gasteiger partial charge on any atom is -0.357 e. The third-order valence-corrected chi connectivity index (χ3v) is 2.08. The van der Waals surface area contributed by atoms with Crippen molar-refractivity contribution in [2.45, 2.75) is 6.04 Å². The van der Waals surface area contributed by atoms with E-state index in [2.05, 4.69) is 10.6 Å². The van der Waals surface area contributed by atoms with Gasteiger partial charge in [-0.05, 0) is 0 Å². The van der Waals surface area contributed by atoms with E-state index in [1.807, 2.05) is 0 Å². The molecule has 1 aliphatic heterocycles. The normalized spacial score (nSPS) is 22.5. The quantitative estimate of drug-likeness (QED) is 0.446. The summed E-state index contributed by atoms with van der Waals surface area (Å²) in [7, 11) is 1.54. The Morgan fingerprint density at radius 1 is 1.62 bits per heavy atom. The molecule has 6 nitrogen and oxygen atoms in total. The van der Waals surface area contributed by atoms with E-state index in [9.17, 15) is 9.59 Å². The van der Waals surface area contributed by atoms with Gasteiger partial charge in [0, 0.05) is 26.7 Å². The van der Waals surface area contributed by atoms with E-state index in [0.29, 0.717) is 19.6 Å². The van der Waals surface area contributed by atoms with Crippen LogP contribution in [0, 0.1) is 0 Å². The van der Waals surface area contributed by atoms with Gasteiger partial charge in [0.05, 0.1) is 0 Å². The second kappa shape index (κ2) is 4.08. The van der Waals surface area contributed by atoms with Crippen molar-refractivity contribution in [3.63, 3.8) is 0 Å². The highest BCUT2D eigenvalue weighted by Crippen LogP contribution is 2.02. The number of amides is 3. The highest BCUT2D eigenvalue weighted by molar-refractivity contribution is 5.86. The van der Waals surface area contributed by atoms with E-state index in [-0.39, 0.29) is 5.91 Å². The van der Waals surface area contributed by atoms with Crippen LogP contribution in [-0.2, 0) is 4.79 Å². The van der Waals surface area contributed by atoms with Gasteiger partial charge in [0.1, 0.15) is 6.04 Å². The molecule has 0 spiro atoms. The second-order valence-corrected chi connectivity index (χ2v) is 2.87. The van der Waals surface area contributed by atoms with Gasteiger partial charge in [-0.3, -0.25) is 4.79 Å². The number of rotatable bonds is 1. The van der Waals surface area contributed by atoms with Gasteiger partial charge in [-0.15, -0.1) is 0 Å². The van der Waals surface area contributed by atoms with Crippen molar-refractivity contribution in [1.29, 1.82) is 0 Å². The van der Waals surface area contributed by atoms with E-state index < -0.39 is 12.1 Å². The van der Waals surface area contributed by atoms with Crippen LogP contribution in [0.15, 0.2) is 0 Å². The van der Waals surface area contributed by atoms with Crippen LogP contribution in [0.1, 0.15) is 0 Å². The van der Waals surface area contributed by atoms with Gasteiger partial charge in [0.15, 0.2) is 0 Å². The van der Waals surface area contributed by atoms with E-state index in [4.69, 9.17) is 5.73 Å². The molecule has 6 heteroatoms. The van der Waals surface area contributed by atoms with Crippen LogP contribution >= 0.6 is 0 Å². The molecule has 13 heavy (non-hydrogen) atoms. The summed E-state index contributed by atoms with van der Waals surface area (Å²) in [6, 6.07) is -1.02. The van der Waals surface area contributed by atoms with Gasteiger partial charge in [0.2, 0.25) is 5.91 Å². The fourth-order valence-corrected chi connectivity index (χ4v) is 1.37. The molecule has 0 radical (unpaired) electrons. The van der Waals surface area contributed by atoms with E-state index in [1.54, 1.807) is 0 Å². The summed E-state index contributed by atoms with van der Waals surface area (Å²) in [5.74, 6) is -0.189. The van der Waals surface area contributed by atoms with Crippen LogP contribution in [0.25, 0.3) is 0 Å². The Morgan fingerprint density at radius 3 is 2.85 bits per heavy atom. The molecule has 1 saturated heterocycles. The standard InChI is InChI=1S/C7H14N4O2/c1-9-6(12)5-4-10-2-3-11(5)7(8)13/h5,10H,2-4H2,1H3,(H2,8,13)(H,9,12). The number of carbonyl (C=O) groups is 2. The average Bonchev–Trinajstić information content (AvgIpc) is 2.16. The Morgan fingerprint density at radius 2 is 2.31 bits per heavy atom. The number of nitrogens with two attached hydrogens (primary N) is 1. The number of hydrogen-bond acceptors (Lipinski definition) is 3. The van der Waals surface area contributed by atoms with Crippen molar-refractivity contribution in [2.75, 3.05) is 26.7 Å². The Balaban J connectivity index is 2.67. The number of hydrogen-bond donors (Lipinski definition) is 3. The average molecular weight is 186 g/mol. The summed E-state index contributed by atoms with van der Waals surface area (Å²) < 4.78 is 0. The Kier molecular flexibility index (Phi) is 3.07. The molecule has 4 N–H and O–H groups in total. The van der Waals surface area contributed by atoms with E-state index in [1.165, 1.54) is 11.9 Å². The molecule has 1 aliphatic rings. The zero-order chi connectivity index (χ0) is 9.84. The fourth-order valence-electron chi connectivity index (χ4n) is 1.37. The molecule has 0 bridgehead atoms. The highest BCUT2D eigenvalue weighted by Gasteiger charge is 2.29. The largest absolute Gasteiger partial charge is 0.357 e. The molecule has 0 saturated carbocycles. The number of nitrogens with zero attached hydrogens (tertiary/aromatic N) is 1. The Labute approximate surface area is 76.4 Å². The molecule has 0 aromatic carbocycles. The Hall–Kier alpha value is -1.30. The third kappa shape index (κ3) is 2.09. The van der Waals surface area contributed by atoms with Crippen molar-refractivity contribution in [2.24, 2.45) is 5.73 Å². The molecular weight excluding hydrogens is 172 g/mol. The smallest absolute Gasteiger partial charge is 0.315 e. The van der Waals surface area contributed by atoms with Crippen molar-refractivity contribution in [1.82, 2.24) is 15.5 Å². The molecule has 3 amide bonds. The summed E-state index contributed by atoms with van der Waals surface area (Å²) in [6.07, 6.45) is 0. The first kappa shape index (κ1) is 9.79. The summed E-state index contributed by atoms with van der Waals surface area (Å²) in [5.41, 5.74) is 5.13. The summed E-state index contributed by atoms with van der Waals surface area (Å²) >= 11 is 0. The first-order chi connectivity index (χ1) is 6.16. The number of piperazine rings is 1. The SMILES string of the molecule is CNC(=O)C1CNCCN1C(N)=O. The predicted molar refractivity (Wildman–Crippen MR) is 47.0 cm³/mol. The summed E-state index contributed by atoms with van der Waals surface area (Å²) in [4.78, 5) is 23.6. The summed E-state index contributed by atoms with van der Waals surface area (Å²) in [5, 5.41) is 5.52. The first-order valence-electron chi connectivity index (χ1n) is 4.15. The van der Waals surface area contributed by atoms with Gasteiger partial charge < -0.3 is 21.3 Å². The molecule has 1 fully saturated rings. The zero-order valence-corrected chi connectivity index (χ0v) is 7.54. The van der Waals surface area contributed by atoms with Gasteiger partial charge in [-0.2, -0.15) is 0 Å². The van der Waals surface area contributed by atoms with Gasteiger partial charge in [0.25, 0.3) is 0 Å². The number of urea groups is 1. The number of nitrogens with one attached hydrogen (secondary N) is 2. The van der Waals surface area contributed by atoms with E-state index in [0.717, 1.165) is 0 Å². The molecule has 0 aliphatic carbocycles. The van der Waals surface area contributed by atoms with Crippen molar-refractivity contribution in [3.05, 3.63) is 0 Å². The maximum Gasteiger partial charge on any atom is 0.315 e. The van der Waals surface area contributed by atoms with Crippen LogP contribution in [0.5, 0.6) is 0 Å². The first-order valence-corrected chi connectivity index (χ1v) is 4.15. The monoisotopic (exact) mass is 186 g/mol. The van der Waals surface area contributed by atoms with Crippen molar-refractivity contribution < 1.29 is 9.59 Å². The van der Waals surface area contributed by atoms with Crippen molar-refractivity contribution in [3.8, 4) is 0 Å². The molecule has 1 unspecified atom stereocenters. The second-order valence-electron chi connectivity index (χ2n) is 2.87. The van der Waals surface area contributed by atoms with E-state index >= 15 is 0 Å². The van der Waals surface area contributed by atoms with Crippen LogP contribution in [0.3, 0.4) is 0 Å². The maximum absolute atomic E-state index is 11.3. The zero-order valence-electron chi connectivity index (χ0n) is 7.54. The van der Waals surface area contributed by atoms with Crippen LogP contribution in [0.4, 0.5) is 4.79 Å². The highest BCUT2D eigenvalue weighted by atomic mass is 16.2. The molecule has 0 aromatic rings. The molecular formula is C7H14N4O2. The lowest BCUT2D eigenvalue weighted by molar-refractivity contribution is -0.125. The summed E-state index contributed by atoms with van der Waals surface area (Å²) in [6.45, 7) is 1.62. The minimum absolute atomic E-state index is 0.189. The predicted octanol–water partition coefficient (Wildman–Crippen LogP) is -1.92. The van der Waals surface area contributed by atoms with Crippen LogP contribution in [-0.4, -0.2) is 49.6 Å². The Bertz CT molecular complexity index is 219. The maximum atomic E-state index is 11.3. The minimum atomic E-state index is -0.546. The van der Waals surface area contributed by atoms with Crippen molar-refractivity contribution >= 4 is 11.9 Å². The van der Waals surface area contributed by atoms with Gasteiger partial charge in [-0.1, -0.05) is 0 Å². The number of carbonyl (C=O) groups excluding carboxylic acids is 2. The van der Waals surface area contributed by atoms with Gasteiger partial charge in [-0.25, -0.2) is 4.79 Å². The lowest BCUT2D eigenvalue weighted by Gasteiger charge is -2.33. The number of likely N-dealkylation sites (N-methyl/N-ethyl adjacent to an activating group) is 1. The molecule has 1 heterocycles. The number of primary amides is 1. The lowest BCUT2D eigenvalue weighted by atomic mass is 10.2. The van der Waals surface area contributed by atoms with Crippen LogP contribution in [0.2, 0.25) is 0 Å². The molecule has 0 aromatic heterocycles. The van der Waals surface area contributed by atoms with Gasteiger partial charge >= 0.3 is 6.03 Å². The molecule has 1 rings (SSSR count).